The van der Waals surface area contributed by atoms with Gasteiger partial charge in [-0.05, 0) is 31.8 Å². The van der Waals surface area contributed by atoms with Gasteiger partial charge in [-0.2, -0.15) is 0 Å². The zero-order valence-electron chi connectivity index (χ0n) is 14.3. The van der Waals surface area contributed by atoms with Crippen LogP contribution in [-0.4, -0.2) is 42.2 Å². The minimum absolute atomic E-state index is 0.0343. The number of carbonyl (C=O) groups is 1. The second-order valence-electron chi connectivity index (χ2n) is 5.93. The Morgan fingerprint density at radius 2 is 1.88 bits per heavy atom. The van der Waals surface area contributed by atoms with Gasteiger partial charge in [0.25, 0.3) is 0 Å². The molecule has 25 heavy (non-hydrogen) atoms. The highest BCUT2D eigenvalue weighted by Gasteiger charge is 2.15. The third-order valence-corrected chi connectivity index (χ3v) is 6.08. The van der Waals surface area contributed by atoms with Crippen molar-refractivity contribution in [3.05, 3.63) is 60.2 Å². The van der Waals surface area contributed by atoms with Crippen LogP contribution in [0.15, 0.2) is 58.9 Å². The highest BCUT2D eigenvalue weighted by atomic mass is 32.2. The minimum Gasteiger partial charge on any atom is -0.353 e. The van der Waals surface area contributed by atoms with Crippen molar-refractivity contribution < 1.29 is 4.79 Å². The first-order chi connectivity index (χ1) is 12.1. The number of rotatable bonds is 7. The quantitative estimate of drug-likeness (QED) is 0.642. The Morgan fingerprint density at radius 1 is 1.16 bits per heavy atom. The van der Waals surface area contributed by atoms with Crippen LogP contribution < -0.4 is 5.32 Å². The normalized spacial score (nSPS) is 12.4. The van der Waals surface area contributed by atoms with Crippen molar-refractivity contribution in [3.8, 4) is 0 Å². The molecular weight excluding hydrogens is 350 g/mol. The van der Waals surface area contributed by atoms with E-state index in [4.69, 9.17) is 0 Å². The molecule has 1 heterocycles. The molecule has 0 aliphatic rings. The molecule has 2 aromatic carbocycles. The van der Waals surface area contributed by atoms with E-state index >= 15 is 0 Å². The minimum atomic E-state index is 0.0343. The zero-order valence-corrected chi connectivity index (χ0v) is 15.9. The maximum absolute atomic E-state index is 12.2. The van der Waals surface area contributed by atoms with Crippen molar-refractivity contribution in [2.45, 2.75) is 10.4 Å². The van der Waals surface area contributed by atoms with Crippen LogP contribution in [0.5, 0.6) is 0 Å². The van der Waals surface area contributed by atoms with Crippen LogP contribution in [0.4, 0.5) is 0 Å². The van der Waals surface area contributed by atoms with Crippen molar-refractivity contribution in [1.82, 2.24) is 15.2 Å². The van der Waals surface area contributed by atoms with Gasteiger partial charge in [0.15, 0.2) is 4.34 Å². The van der Waals surface area contributed by atoms with E-state index < -0.39 is 0 Å². The molecule has 1 atom stereocenters. The highest BCUT2D eigenvalue weighted by molar-refractivity contribution is 8.01. The third kappa shape index (κ3) is 4.81. The number of benzene rings is 2. The fourth-order valence-corrected chi connectivity index (χ4v) is 4.47. The van der Waals surface area contributed by atoms with E-state index in [1.807, 2.05) is 50.5 Å². The summed E-state index contributed by atoms with van der Waals surface area (Å²) < 4.78 is 2.09. The number of thiazole rings is 1. The Bertz CT molecular complexity index is 800. The summed E-state index contributed by atoms with van der Waals surface area (Å²) in [5.41, 5.74) is 2.19. The first-order valence-electron chi connectivity index (χ1n) is 8.10. The van der Waals surface area contributed by atoms with E-state index in [1.54, 1.807) is 11.3 Å². The smallest absolute Gasteiger partial charge is 0.230 e. The summed E-state index contributed by atoms with van der Waals surface area (Å²) >= 11 is 3.12. The van der Waals surface area contributed by atoms with E-state index in [1.165, 1.54) is 17.3 Å². The maximum Gasteiger partial charge on any atom is 0.230 e. The zero-order chi connectivity index (χ0) is 17.6. The van der Waals surface area contributed by atoms with Gasteiger partial charge in [-0.3, -0.25) is 4.79 Å². The molecule has 0 saturated heterocycles. The number of thioether (sulfide) groups is 1. The molecule has 130 valence electrons. The topological polar surface area (TPSA) is 45.2 Å². The van der Waals surface area contributed by atoms with Crippen molar-refractivity contribution in [2.24, 2.45) is 0 Å². The highest BCUT2D eigenvalue weighted by Crippen LogP contribution is 2.29. The lowest BCUT2D eigenvalue weighted by Crippen LogP contribution is -2.35. The molecule has 1 aromatic heterocycles. The van der Waals surface area contributed by atoms with E-state index in [2.05, 4.69) is 33.4 Å². The summed E-state index contributed by atoms with van der Waals surface area (Å²) in [5.74, 6) is 0.418. The number of hydrogen-bond donors (Lipinski definition) is 1. The number of amides is 1. The molecule has 4 nitrogen and oxygen atoms in total. The molecule has 0 spiro atoms. The van der Waals surface area contributed by atoms with Gasteiger partial charge in [0.05, 0.1) is 22.0 Å². The lowest BCUT2D eigenvalue weighted by atomic mass is 10.1. The van der Waals surface area contributed by atoms with Crippen molar-refractivity contribution >= 4 is 39.2 Å². The lowest BCUT2D eigenvalue weighted by molar-refractivity contribution is -0.118. The fourth-order valence-electron chi connectivity index (χ4n) is 2.58. The van der Waals surface area contributed by atoms with Crippen LogP contribution in [0.25, 0.3) is 10.2 Å². The number of hydrogen-bond acceptors (Lipinski definition) is 5. The number of fused-ring (bicyclic) bond motifs is 1. The van der Waals surface area contributed by atoms with Crippen molar-refractivity contribution in [2.75, 3.05) is 26.4 Å². The Kier molecular flexibility index (Phi) is 6.07. The van der Waals surface area contributed by atoms with Gasteiger partial charge in [-0.15, -0.1) is 11.3 Å². The number of nitrogens with zero attached hydrogens (tertiary/aromatic N) is 2. The lowest BCUT2D eigenvalue weighted by Gasteiger charge is -2.25. The van der Waals surface area contributed by atoms with Crippen molar-refractivity contribution in [3.63, 3.8) is 0 Å². The number of carbonyl (C=O) groups excluding carboxylic acids is 1. The van der Waals surface area contributed by atoms with E-state index in [9.17, 15) is 4.79 Å². The summed E-state index contributed by atoms with van der Waals surface area (Å²) in [6, 6.07) is 18.4. The molecule has 3 aromatic rings. The van der Waals surface area contributed by atoms with Gasteiger partial charge in [0.1, 0.15) is 0 Å². The SMILES string of the molecule is CN(C)C(CNC(=O)CSc1nc2ccccc2s1)c1ccccc1. The van der Waals surface area contributed by atoms with E-state index in [0.29, 0.717) is 12.3 Å². The molecular formula is C19H21N3OS2. The van der Waals surface area contributed by atoms with Crippen LogP contribution in [0, 0.1) is 0 Å². The van der Waals surface area contributed by atoms with Crippen LogP contribution in [0.3, 0.4) is 0 Å². The number of nitrogens with one attached hydrogen (secondary N) is 1. The Labute approximate surface area is 156 Å². The summed E-state index contributed by atoms with van der Waals surface area (Å²) in [4.78, 5) is 18.9. The Morgan fingerprint density at radius 3 is 2.60 bits per heavy atom. The molecule has 0 aliphatic carbocycles. The van der Waals surface area contributed by atoms with Gasteiger partial charge < -0.3 is 10.2 Å². The molecule has 1 unspecified atom stereocenters. The molecule has 6 heteroatoms. The van der Waals surface area contributed by atoms with E-state index in [0.717, 1.165) is 14.6 Å². The second kappa shape index (κ2) is 8.47. The first-order valence-corrected chi connectivity index (χ1v) is 9.90. The average molecular weight is 372 g/mol. The van der Waals surface area contributed by atoms with Gasteiger partial charge in [-0.1, -0.05) is 54.2 Å². The van der Waals surface area contributed by atoms with Crippen LogP contribution in [-0.2, 0) is 4.79 Å². The second-order valence-corrected chi connectivity index (χ2v) is 8.18. The molecule has 0 radical (unpaired) electrons. The van der Waals surface area contributed by atoms with Gasteiger partial charge in [-0.25, -0.2) is 4.98 Å². The summed E-state index contributed by atoms with van der Waals surface area (Å²) in [7, 11) is 4.05. The molecule has 0 saturated carbocycles. The van der Waals surface area contributed by atoms with Crippen LogP contribution in [0.1, 0.15) is 11.6 Å². The predicted molar refractivity (Wildman–Crippen MR) is 106 cm³/mol. The molecule has 1 N–H and O–H groups in total. The van der Waals surface area contributed by atoms with Gasteiger partial charge >= 0.3 is 0 Å². The molecule has 3 rings (SSSR count). The Hall–Kier alpha value is -1.89. The molecule has 0 fully saturated rings. The fraction of sp³-hybridized carbons (Fsp3) is 0.263. The number of para-hydroxylation sites is 1. The maximum atomic E-state index is 12.2. The monoisotopic (exact) mass is 371 g/mol. The third-order valence-electron chi connectivity index (χ3n) is 3.90. The standard InChI is InChI=1S/C19H21N3OS2/c1-22(2)16(14-8-4-3-5-9-14)12-20-18(23)13-24-19-21-15-10-6-7-11-17(15)25-19/h3-11,16H,12-13H2,1-2H3,(H,20,23). The summed E-state index contributed by atoms with van der Waals surface area (Å²) in [6.07, 6.45) is 0. The predicted octanol–water partition coefficient (Wildman–Crippen LogP) is 3.81. The summed E-state index contributed by atoms with van der Waals surface area (Å²) in [6.45, 7) is 0.594. The van der Waals surface area contributed by atoms with Gasteiger partial charge in [0.2, 0.25) is 5.91 Å². The number of likely N-dealkylation sites (N-methyl/N-ethyl adjacent to an activating group) is 1. The van der Waals surface area contributed by atoms with Gasteiger partial charge in [0, 0.05) is 6.54 Å². The summed E-state index contributed by atoms with van der Waals surface area (Å²) in [5, 5.41) is 3.04. The molecule has 0 aliphatic heterocycles. The molecule has 1 amide bonds. The number of aromatic nitrogens is 1. The average Bonchev–Trinajstić information content (AvgIpc) is 3.04. The van der Waals surface area contributed by atoms with Crippen LogP contribution >= 0.6 is 23.1 Å². The first kappa shape index (κ1) is 17.9. The van der Waals surface area contributed by atoms with Crippen LogP contribution in [0.2, 0.25) is 0 Å². The van der Waals surface area contributed by atoms with E-state index in [-0.39, 0.29) is 11.9 Å². The molecule has 0 bridgehead atoms. The van der Waals surface area contributed by atoms with Crippen molar-refractivity contribution in [1.29, 1.82) is 0 Å². The largest absolute Gasteiger partial charge is 0.353 e. The Balaban J connectivity index is 1.53.